The van der Waals surface area contributed by atoms with Crippen molar-refractivity contribution in [3.8, 4) is 0 Å². The Morgan fingerprint density at radius 2 is 2.33 bits per heavy atom. The van der Waals surface area contributed by atoms with E-state index < -0.39 is 6.09 Å². The number of hydroxylamine groups is 1. The van der Waals surface area contributed by atoms with Gasteiger partial charge < -0.3 is 10.6 Å². The second-order valence-electron chi connectivity index (χ2n) is 1.49. The summed E-state index contributed by atoms with van der Waals surface area (Å²) in [6, 6.07) is 0. The minimum atomic E-state index is -0.837. The van der Waals surface area contributed by atoms with E-state index in [0.29, 0.717) is 0 Å². The predicted molar refractivity (Wildman–Crippen MR) is 33.2 cm³/mol. The summed E-state index contributed by atoms with van der Waals surface area (Å²) in [5, 5.41) is 0. The van der Waals surface area contributed by atoms with E-state index in [1.807, 2.05) is 6.92 Å². The summed E-state index contributed by atoms with van der Waals surface area (Å²) >= 11 is 0. The monoisotopic (exact) mass is 130 g/mol. The number of amides is 1. The van der Waals surface area contributed by atoms with Gasteiger partial charge in [-0.1, -0.05) is 6.08 Å². The molecular weight excluding hydrogens is 120 g/mol. The zero-order valence-corrected chi connectivity index (χ0v) is 5.47. The molecule has 3 N–H and O–H groups in total. The maximum Gasteiger partial charge on any atom is 0.428 e. The van der Waals surface area contributed by atoms with E-state index >= 15 is 0 Å². The molecule has 0 saturated carbocycles. The first-order valence-corrected chi connectivity index (χ1v) is 2.52. The van der Waals surface area contributed by atoms with Crippen LogP contribution >= 0.6 is 0 Å². The van der Waals surface area contributed by atoms with Crippen LogP contribution in [0, 0.1) is 0 Å². The third-order valence-electron chi connectivity index (χ3n) is 0.746. The van der Waals surface area contributed by atoms with Gasteiger partial charge in [0.2, 0.25) is 0 Å². The number of nitrogens with two attached hydrogens (primary N) is 1. The van der Waals surface area contributed by atoms with Crippen LogP contribution in [0.5, 0.6) is 0 Å². The molecule has 1 amide bonds. The van der Waals surface area contributed by atoms with Gasteiger partial charge in [-0.05, 0) is 13.8 Å². The minimum Gasteiger partial charge on any atom is -0.333 e. The lowest BCUT2D eigenvalue weighted by molar-refractivity contribution is 0.115. The highest BCUT2D eigenvalue weighted by molar-refractivity contribution is 5.64. The van der Waals surface area contributed by atoms with Gasteiger partial charge in [-0.25, -0.2) is 10.3 Å². The highest BCUT2D eigenvalue weighted by atomic mass is 16.7. The van der Waals surface area contributed by atoms with E-state index in [1.54, 1.807) is 13.0 Å². The predicted octanol–water partition coefficient (Wildman–Crippen LogP) is 0.510. The van der Waals surface area contributed by atoms with E-state index in [1.165, 1.54) is 0 Å². The number of rotatable bonds is 2. The first kappa shape index (κ1) is 7.81. The van der Waals surface area contributed by atoms with Crippen molar-refractivity contribution in [3.05, 3.63) is 11.8 Å². The summed E-state index contributed by atoms with van der Waals surface area (Å²) in [4.78, 5) is 14.1. The Bertz CT molecular complexity index is 131. The molecular formula is C5H10N2O2. The number of carbonyl (C=O) groups excluding carboxylic acids is 1. The van der Waals surface area contributed by atoms with Crippen LogP contribution in [-0.2, 0) is 4.84 Å². The second kappa shape index (κ2) is 3.77. The SMILES string of the molecule is CC=C(C)NOC(N)=O. The van der Waals surface area contributed by atoms with E-state index in [4.69, 9.17) is 0 Å². The maximum atomic E-state index is 9.93. The van der Waals surface area contributed by atoms with Crippen LogP contribution in [0.3, 0.4) is 0 Å². The normalized spacial score (nSPS) is 10.7. The number of hydrogen-bond acceptors (Lipinski definition) is 3. The molecule has 0 unspecified atom stereocenters. The highest BCUT2D eigenvalue weighted by Gasteiger charge is 1.89. The molecule has 0 aliphatic heterocycles. The molecule has 0 spiro atoms. The van der Waals surface area contributed by atoms with Gasteiger partial charge in [-0.2, -0.15) is 0 Å². The van der Waals surface area contributed by atoms with Gasteiger partial charge >= 0.3 is 6.09 Å². The van der Waals surface area contributed by atoms with Crippen molar-refractivity contribution >= 4 is 6.09 Å². The van der Waals surface area contributed by atoms with Crippen LogP contribution in [0.4, 0.5) is 4.79 Å². The van der Waals surface area contributed by atoms with E-state index in [-0.39, 0.29) is 0 Å². The number of allylic oxidation sites excluding steroid dienone is 2. The molecule has 9 heavy (non-hydrogen) atoms. The van der Waals surface area contributed by atoms with Crippen LogP contribution in [0.25, 0.3) is 0 Å². The molecule has 52 valence electrons. The maximum absolute atomic E-state index is 9.93. The topological polar surface area (TPSA) is 64.3 Å². The first-order chi connectivity index (χ1) is 4.16. The lowest BCUT2D eigenvalue weighted by Crippen LogP contribution is -2.22. The average molecular weight is 130 g/mol. The van der Waals surface area contributed by atoms with Crippen molar-refractivity contribution in [3.63, 3.8) is 0 Å². The van der Waals surface area contributed by atoms with Gasteiger partial charge in [0.1, 0.15) is 0 Å². The molecule has 0 aliphatic rings. The molecule has 0 bridgehead atoms. The number of primary amides is 1. The van der Waals surface area contributed by atoms with Crippen molar-refractivity contribution < 1.29 is 9.63 Å². The van der Waals surface area contributed by atoms with Gasteiger partial charge in [0, 0.05) is 5.70 Å². The zero-order valence-electron chi connectivity index (χ0n) is 5.47. The number of carbonyl (C=O) groups is 1. The Morgan fingerprint density at radius 1 is 1.78 bits per heavy atom. The average Bonchev–Trinajstić information content (AvgIpc) is 1.83. The summed E-state index contributed by atoms with van der Waals surface area (Å²) in [5.41, 5.74) is 7.71. The fraction of sp³-hybridized carbons (Fsp3) is 0.400. The Morgan fingerprint density at radius 3 is 2.67 bits per heavy atom. The van der Waals surface area contributed by atoms with Crippen LogP contribution in [0.2, 0.25) is 0 Å². The van der Waals surface area contributed by atoms with E-state index in [9.17, 15) is 4.79 Å². The molecule has 0 aliphatic carbocycles. The summed E-state index contributed by atoms with van der Waals surface area (Å²) in [5.74, 6) is 0. The standard InChI is InChI=1S/C5H10N2O2/c1-3-4(2)7-9-5(6)8/h3,7H,1-2H3,(H2,6,8). The van der Waals surface area contributed by atoms with Gasteiger partial charge in [0.15, 0.2) is 0 Å². The van der Waals surface area contributed by atoms with Crippen LogP contribution in [0.1, 0.15) is 13.8 Å². The molecule has 0 aromatic rings. The van der Waals surface area contributed by atoms with Crippen LogP contribution in [-0.4, -0.2) is 6.09 Å². The van der Waals surface area contributed by atoms with Gasteiger partial charge in [0.05, 0.1) is 0 Å². The lowest BCUT2D eigenvalue weighted by Gasteiger charge is -2.01. The van der Waals surface area contributed by atoms with Crippen LogP contribution < -0.4 is 11.2 Å². The molecule has 4 heteroatoms. The van der Waals surface area contributed by atoms with E-state index in [2.05, 4.69) is 16.1 Å². The smallest absolute Gasteiger partial charge is 0.333 e. The molecule has 4 nitrogen and oxygen atoms in total. The molecule has 0 fully saturated rings. The number of hydrogen-bond donors (Lipinski definition) is 2. The first-order valence-electron chi connectivity index (χ1n) is 2.52. The Labute approximate surface area is 53.6 Å². The Kier molecular flexibility index (Phi) is 3.27. The van der Waals surface area contributed by atoms with Crippen LogP contribution in [0.15, 0.2) is 11.8 Å². The minimum absolute atomic E-state index is 0.744. The summed E-state index contributed by atoms with van der Waals surface area (Å²) in [6.45, 7) is 3.57. The fourth-order valence-electron chi connectivity index (χ4n) is 0.190. The summed E-state index contributed by atoms with van der Waals surface area (Å²) in [6.07, 6.45) is 0.916. The Balaban J connectivity index is 3.39. The van der Waals surface area contributed by atoms with Crippen molar-refractivity contribution in [2.75, 3.05) is 0 Å². The van der Waals surface area contributed by atoms with Gasteiger partial charge in [-0.3, -0.25) is 0 Å². The molecule has 0 saturated heterocycles. The molecule has 0 radical (unpaired) electrons. The molecule has 0 aromatic carbocycles. The lowest BCUT2D eigenvalue weighted by atomic mass is 10.5. The quantitative estimate of drug-likeness (QED) is 0.535. The Hall–Kier alpha value is -1.19. The van der Waals surface area contributed by atoms with Crippen molar-refractivity contribution in [1.82, 2.24) is 5.48 Å². The van der Waals surface area contributed by atoms with Gasteiger partial charge in [-0.15, -0.1) is 0 Å². The number of nitrogens with one attached hydrogen (secondary N) is 1. The second-order valence-corrected chi connectivity index (χ2v) is 1.49. The van der Waals surface area contributed by atoms with Gasteiger partial charge in [0.25, 0.3) is 0 Å². The summed E-state index contributed by atoms with van der Waals surface area (Å²) in [7, 11) is 0. The third-order valence-corrected chi connectivity index (χ3v) is 0.746. The molecule has 0 heterocycles. The van der Waals surface area contributed by atoms with Crippen molar-refractivity contribution in [2.24, 2.45) is 5.73 Å². The van der Waals surface area contributed by atoms with E-state index in [0.717, 1.165) is 5.70 Å². The molecule has 0 aromatic heterocycles. The highest BCUT2D eigenvalue weighted by Crippen LogP contribution is 1.82. The zero-order chi connectivity index (χ0) is 7.28. The van der Waals surface area contributed by atoms with Crippen molar-refractivity contribution in [1.29, 1.82) is 0 Å². The largest absolute Gasteiger partial charge is 0.428 e. The summed E-state index contributed by atoms with van der Waals surface area (Å²) < 4.78 is 0. The van der Waals surface area contributed by atoms with Crippen molar-refractivity contribution in [2.45, 2.75) is 13.8 Å². The third kappa shape index (κ3) is 4.67. The fourth-order valence-corrected chi connectivity index (χ4v) is 0.190. The molecule has 0 atom stereocenters. The molecule has 0 rings (SSSR count).